The fourth-order valence-electron chi connectivity index (χ4n) is 2.68. The van der Waals surface area contributed by atoms with E-state index in [4.69, 9.17) is 11.6 Å². The summed E-state index contributed by atoms with van der Waals surface area (Å²) in [6.07, 6.45) is 5.32. The fourth-order valence-corrected chi connectivity index (χ4v) is 2.87. The Bertz CT molecular complexity index is 429. The lowest BCUT2D eigenvalue weighted by Gasteiger charge is -2.28. The van der Waals surface area contributed by atoms with Crippen molar-refractivity contribution in [1.29, 1.82) is 0 Å². The molecule has 0 aromatic heterocycles. The molecule has 0 aliphatic carbocycles. The van der Waals surface area contributed by atoms with E-state index < -0.39 is 0 Å². The Balaban J connectivity index is 2.18. The van der Waals surface area contributed by atoms with Gasteiger partial charge >= 0.3 is 0 Å². The van der Waals surface area contributed by atoms with Gasteiger partial charge in [-0.15, -0.1) is 0 Å². The maximum absolute atomic E-state index is 6.19. The molecule has 1 fully saturated rings. The van der Waals surface area contributed by atoms with Gasteiger partial charge in [0.1, 0.15) is 0 Å². The van der Waals surface area contributed by atoms with Crippen LogP contribution < -0.4 is 10.2 Å². The number of anilines is 1. The molecule has 0 saturated carbocycles. The second-order valence-electron chi connectivity index (χ2n) is 6.78. The Morgan fingerprint density at radius 1 is 1.10 bits per heavy atom. The summed E-state index contributed by atoms with van der Waals surface area (Å²) in [6.45, 7) is 9.81. The highest BCUT2D eigenvalue weighted by Crippen LogP contribution is 2.27. The van der Waals surface area contributed by atoms with Gasteiger partial charge in [-0.3, -0.25) is 0 Å². The number of halogens is 1. The summed E-state index contributed by atoms with van der Waals surface area (Å²) in [5.41, 5.74) is 2.79. The lowest BCUT2D eigenvalue weighted by Crippen LogP contribution is -2.36. The Kier molecular flexibility index (Phi) is 5.34. The second kappa shape index (κ2) is 6.82. The Hall–Kier alpha value is -0.730. The van der Waals surface area contributed by atoms with Crippen LogP contribution in [0, 0.1) is 0 Å². The van der Waals surface area contributed by atoms with E-state index in [0.29, 0.717) is 0 Å². The van der Waals surface area contributed by atoms with E-state index in [1.165, 1.54) is 50.0 Å². The van der Waals surface area contributed by atoms with Crippen molar-refractivity contribution >= 4 is 17.3 Å². The summed E-state index contributed by atoms with van der Waals surface area (Å²) < 4.78 is 0. The van der Waals surface area contributed by atoms with Crippen LogP contribution in [-0.2, 0) is 6.54 Å². The van der Waals surface area contributed by atoms with Crippen LogP contribution in [0.4, 0.5) is 5.69 Å². The molecule has 0 atom stereocenters. The molecular formula is C17H27ClN2. The number of nitrogens with zero attached hydrogens (tertiary/aromatic N) is 1. The molecule has 1 N–H and O–H groups in total. The maximum atomic E-state index is 6.19. The monoisotopic (exact) mass is 294 g/mol. The zero-order valence-electron chi connectivity index (χ0n) is 13.0. The Labute approximate surface area is 128 Å². The maximum Gasteiger partial charge on any atom is 0.0412 e. The van der Waals surface area contributed by atoms with Gasteiger partial charge in [0.25, 0.3) is 0 Å². The average molecular weight is 295 g/mol. The quantitative estimate of drug-likeness (QED) is 0.876. The lowest BCUT2D eigenvalue weighted by atomic mass is 10.1. The van der Waals surface area contributed by atoms with E-state index in [0.717, 1.165) is 11.6 Å². The van der Waals surface area contributed by atoms with E-state index in [9.17, 15) is 0 Å². The predicted molar refractivity (Wildman–Crippen MR) is 88.7 cm³/mol. The highest BCUT2D eigenvalue weighted by Gasteiger charge is 2.16. The molecule has 1 heterocycles. The van der Waals surface area contributed by atoms with Gasteiger partial charge in [-0.25, -0.2) is 0 Å². The molecule has 112 valence electrons. The zero-order chi connectivity index (χ0) is 14.6. The Morgan fingerprint density at radius 2 is 1.75 bits per heavy atom. The molecule has 3 heteroatoms. The topological polar surface area (TPSA) is 15.3 Å². The van der Waals surface area contributed by atoms with E-state index >= 15 is 0 Å². The van der Waals surface area contributed by atoms with Crippen LogP contribution in [0.25, 0.3) is 0 Å². The number of hydrogen-bond donors (Lipinski definition) is 1. The van der Waals surface area contributed by atoms with E-state index in [1.807, 2.05) is 6.07 Å². The molecule has 2 rings (SSSR count). The van der Waals surface area contributed by atoms with E-state index in [1.54, 1.807) is 0 Å². The number of nitrogens with one attached hydrogen (secondary N) is 1. The smallest absolute Gasteiger partial charge is 0.0412 e. The van der Waals surface area contributed by atoms with Crippen LogP contribution in [0.5, 0.6) is 0 Å². The number of rotatable bonds is 3. The first-order valence-corrected chi connectivity index (χ1v) is 8.12. The first-order chi connectivity index (χ1) is 9.46. The molecule has 1 saturated heterocycles. The average Bonchev–Trinajstić information content (AvgIpc) is 2.64. The van der Waals surface area contributed by atoms with Crippen LogP contribution in [-0.4, -0.2) is 18.6 Å². The molecule has 2 nitrogen and oxygen atoms in total. The van der Waals surface area contributed by atoms with Crippen LogP contribution in [0.15, 0.2) is 18.2 Å². The van der Waals surface area contributed by atoms with Crippen LogP contribution >= 0.6 is 11.6 Å². The van der Waals surface area contributed by atoms with Crippen molar-refractivity contribution in [2.24, 2.45) is 0 Å². The minimum atomic E-state index is 0.123. The van der Waals surface area contributed by atoms with Crippen molar-refractivity contribution in [3.8, 4) is 0 Å². The van der Waals surface area contributed by atoms with Crippen molar-refractivity contribution in [1.82, 2.24) is 5.32 Å². The number of hydrogen-bond acceptors (Lipinski definition) is 2. The molecule has 0 spiro atoms. The molecule has 1 aliphatic rings. The first kappa shape index (κ1) is 15.7. The van der Waals surface area contributed by atoms with Gasteiger partial charge in [-0.2, -0.15) is 0 Å². The summed E-state index contributed by atoms with van der Waals surface area (Å²) in [6, 6.07) is 6.32. The van der Waals surface area contributed by atoms with Gasteiger partial charge in [0, 0.05) is 35.9 Å². The molecule has 20 heavy (non-hydrogen) atoms. The predicted octanol–water partition coefficient (Wildman–Crippen LogP) is 4.61. The normalized spacial score (nSPS) is 17.1. The molecule has 1 aromatic carbocycles. The first-order valence-electron chi connectivity index (χ1n) is 7.74. The molecular weight excluding hydrogens is 268 g/mol. The summed E-state index contributed by atoms with van der Waals surface area (Å²) in [7, 11) is 0. The summed E-state index contributed by atoms with van der Waals surface area (Å²) in [4.78, 5) is 2.53. The van der Waals surface area contributed by atoms with Crippen molar-refractivity contribution in [2.75, 3.05) is 18.0 Å². The largest absolute Gasteiger partial charge is 0.371 e. The molecule has 0 unspecified atom stereocenters. The fraction of sp³-hybridized carbons (Fsp3) is 0.647. The third kappa shape index (κ3) is 4.68. The zero-order valence-corrected chi connectivity index (χ0v) is 13.8. The van der Waals surface area contributed by atoms with Gasteiger partial charge in [-0.1, -0.05) is 24.4 Å². The summed E-state index contributed by atoms with van der Waals surface area (Å²) in [5, 5.41) is 4.40. The highest BCUT2D eigenvalue weighted by molar-refractivity contribution is 6.30. The standard InChI is InChI=1S/C17H27ClN2/c1-17(2,3)19-13-14-12-15(18)8-9-16(14)20-10-6-4-5-7-11-20/h8-9,12,19H,4-7,10-11,13H2,1-3H3. The van der Waals surface area contributed by atoms with Gasteiger partial charge in [-0.05, 0) is 57.4 Å². The molecule has 0 bridgehead atoms. The lowest BCUT2D eigenvalue weighted by molar-refractivity contribution is 0.424. The molecule has 0 amide bonds. The van der Waals surface area contributed by atoms with Crippen molar-refractivity contribution in [3.63, 3.8) is 0 Å². The molecule has 0 radical (unpaired) electrons. The third-order valence-corrected chi connectivity index (χ3v) is 4.03. The minimum Gasteiger partial charge on any atom is -0.371 e. The number of benzene rings is 1. The van der Waals surface area contributed by atoms with Crippen LogP contribution in [0.2, 0.25) is 5.02 Å². The SMILES string of the molecule is CC(C)(C)NCc1cc(Cl)ccc1N1CCCCCC1. The Morgan fingerprint density at radius 3 is 2.35 bits per heavy atom. The van der Waals surface area contributed by atoms with Crippen LogP contribution in [0.1, 0.15) is 52.0 Å². The van der Waals surface area contributed by atoms with E-state index in [2.05, 4.69) is 43.1 Å². The van der Waals surface area contributed by atoms with Crippen molar-refractivity contribution in [3.05, 3.63) is 28.8 Å². The summed E-state index contributed by atoms with van der Waals surface area (Å²) >= 11 is 6.19. The van der Waals surface area contributed by atoms with E-state index in [-0.39, 0.29) is 5.54 Å². The van der Waals surface area contributed by atoms with Crippen molar-refractivity contribution in [2.45, 2.75) is 58.5 Å². The van der Waals surface area contributed by atoms with Crippen molar-refractivity contribution < 1.29 is 0 Å². The van der Waals surface area contributed by atoms with Gasteiger partial charge in [0.2, 0.25) is 0 Å². The molecule has 1 aliphatic heterocycles. The highest BCUT2D eigenvalue weighted by atomic mass is 35.5. The van der Waals surface area contributed by atoms with Gasteiger partial charge < -0.3 is 10.2 Å². The summed E-state index contributed by atoms with van der Waals surface area (Å²) in [5.74, 6) is 0. The minimum absolute atomic E-state index is 0.123. The van der Waals surface area contributed by atoms with Crippen LogP contribution in [0.3, 0.4) is 0 Å². The second-order valence-corrected chi connectivity index (χ2v) is 7.21. The molecule has 1 aromatic rings. The van der Waals surface area contributed by atoms with Gasteiger partial charge in [0.15, 0.2) is 0 Å². The third-order valence-electron chi connectivity index (χ3n) is 3.80. The van der Waals surface area contributed by atoms with Gasteiger partial charge in [0.05, 0.1) is 0 Å².